The highest BCUT2D eigenvalue weighted by Crippen LogP contribution is 2.36. The highest BCUT2D eigenvalue weighted by molar-refractivity contribution is 7.15. The average molecular weight is 426 g/mol. The maximum atomic E-state index is 13.3. The summed E-state index contributed by atoms with van der Waals surface area (Å²) >= 11 is 1.23. The molecule has 0 aliphatic carbocycles. The van der Waals surface area contributed by atoms with E-state index in [1.807, 2.05) is 12.1 Å². The van der Waals surface area contributed by atoms with E-state index in [0.717, 1.165) is 5.56 Å². The molecule has 0 fully saturated rings. The van der Waals surface area contributed by atoms with Crippen LogP contribution in [0.2, 0.25) is 0 Å². The van der Waals surface area contributed by atoms with E-state index in [1.54, 1.807) is 36.6 Å². The van der Waals surface area contributed by atoms with E-state index in [1.165, 1.54) is 23.5 Å². The van der Waals surface area contributed by atoms with Gasteiger partial charge < -0.3 is 10.1 Å². The molecule has 2 aromatic carbocycles. The largest absolute Gasteiger partial charge is 0.462 e. The molecule has 4 nitrogen and oxygen atoms in total. The smallest absolute Gasteiger partial charge is 0.341 e. The first kappa shape index (κ1) is 21.7. The van der Waals surface area contributed by atoms with Crippen LogP contribution in [0.15, 0.2) is 53.9 Å². The van der Waals surface area contributed by atoms with Crippen molar-refractivity contribution >= 4 is 28.2 Å². The second-order valence-corrected chi connectivity index (χ2v) is 8.74. The highest BCUT2D eigenvalue weighted by atomic mass is 32.1. The molecule has 0 atom stereocenters. The summed E-state index contributed by atoms with van der Waals surface area (Å²) < 4.78 is 18.5. The van der Waals surface area contributed by atoms with Crippen LogP contribution in [-0.2, 0) is 10.2 Å². The molecule has 0 spiro atoms. The number of anilines is 1. The molecule has 156 valence electrons. The first-order valence-corrected chi connectivity index (χ1v) is 10.5. The summed E-state index contributed by atoms with van der Waals surface area (Å²) in [5.74, 6) is -1.20. The quantitative estimate of drug-likeness (QED) is 0.490. The number of benzene rings is 2. The van der Waals surface area contributed by atoms with Gasteiger partial charge in [-0.25, -0.2) is 9.18 Å². The Morgan fingerprint density at radius 1 is 1.03 bits per heavy atom. The molecule has 0 radical (unpaired) electrons. The van der Waals surface area contributed by atoms with Gasteiger partial charge in [-0.3, -0.25) is 4.79 Å². The number of nitrogens with one attached hydrogen (secondary N) is 1. The molecule has 6 heteroatoms. The van der Waals surface area contributed by atoms with Crippen LogP contribution in [0.5, 0.6) is 0 Å². The Labute approximate surface area is 179 Å². The topological polar surface area (TPSA) is 55.4 Å². The molecule has 3 rings (SSSR count). The molecule has 3 aromatic rings. The summed E-state index contributed by atoms with van der Waals surface area (Å²) in [5, 5.41) is 4.99. The Balaban J connectivity index is 1.92. The van der Waals surface area contributed by atoms with Gasteiger partial charge in [0.05, 0.1) is 6.61 Å². The standard InChI is InChI=1S/C24H24FNO3S/c1-5-29-23(28)20-19(15-8-12-18(25)13-9-15)14-30-22(20)26-21(27)16-6-10-17(11-7-16)24(2,3)4/h6-14H,5H2,1-4H3,(H,26,27). The monoisotopic (exact) mass is 425 g/mol. The number of esters is 1. The number of thiophene rings is 1. The average Bonchev–Trinajstić information content (AvgIpc) is 3.11. The summed E-state index contributed by atoms with van der Waals surface area (Å²) in [6.45, 7) is 8.25. The fourth-order valence-corrected chi connectivity index (χ4v) is 3.95. The Bertz CT molecular complexity index is 1050. The Hall–Kier alpha value is -2.99. The molecule has 1 N–H and O–H groups in total. The van der Waals surface area contributed by atoms with E-state index in [4.69, 9.17) is 4.74 Å². The Morgan fingerprint density at radius 3 is 2.23 bits per heavy atom. The number of ether oxygens (including phenoxy) is 1. The fraction of sp³-hybridized carbons (Fsp3) is 0.250. The van der Waals surface area contributed by atoms with Gasteiger partial charge >= 0.3 is 5.97 Å². The van der Waals surface area contributed by atoms with Crippen LogP contribution in [0.1, 0.15) is 54.0 Å². The van der Waals surface area contributed by atoms with Crippen molar-refractivity contribution in [1.82, 2.24) is 0 Å². The lowest BCUT2D eigenvalue weighted by molar-refractivity contribution is 0.0529. The molecule has 1 aromatic heterocycles. The number of rotatable bonds is 5. The van der Waals surface area contributed by atoms with Gasteiger partial charge in [-0.05, 0) is 47.7 Å². The minimum absolute atomic E-state index is 0.0100. The van der Waals surface area contributed by atoms with Crippen LogP contribution in [0.3, 0.4) is 0 Å². The van der Waals surface area contributed by atoms with E-state index in [-0.39, 0.29) is 29.3 Å². The van der Waals surface area contributed by atoms with E-state index in [9.17, 15) is 14.0 Å². The van der Waals surface area contributed by atoms with Crippen LogP contribution in [0.25, 0.3) is 11.1 Å². The predicted octanol–water partition coefficient (Wildman–Crippen LogP) is 6.28. The maximum absolute atomic E-state index is 13.3. The van der Waals surface area contributed by atoms with Gasteiger partial charge in [-0.2, -0.15) is 0 Å². The Morgan fingerprint density at radius 2 is 1.67 bits per heavy atom. The van der Waals surface area contributed by atoms with Crippen molar-refractivity contribution < 1.29 is 18.7 Å². The number of halogens is 1. The van der Waals surface area contributed by atoms with E-state index in [0.29, 0.717) is 21.7 Å². The first-order chi connectivity index (χ1) is 14.2. The van der Waals surface area contributed by atoms with Crippen molar-refractivity contribution in [2.45, 2.75) is 33.1 Å². The van der Waals surface area contributed by atoms with Gasteiger partial charge in [-0.15, -0.1) is 11.3 Å². The van der Waals surface area contributed by atoms with Crippen molar-refractivity contribution in [1.29, 1.82) is 0 Å². The van der Waals surface area contributed by atoms with Crippen molar-refractivity contribution in [3.05, 3.63) is 76.4 Å². The van der Waals surface area contributed by atoms with E-state index >= 15 is 0 Å². The minimum Gasteiger partial charge on any atom is -0.462 e. The molecule has 0 unspecified atom stereocenters. The molecule has 1 heterocycles. The van der Waals surface area contributed by atoms with E-state index in [2.05, 4.69) is 26.1 Å². The third kappa shape index (κ3) is 4.76. The van der Waals surface area contributed by atoms with Crippen LogP contribution >= 0.6 is 11.3 Å². The predicted molar refractivity (Wildman–Crippen MR) is 119 cm³/mol. The summed E-state index contributed by atoms with van der Waals surface area (Å²) in [6.07, 6.45) is 0. The minimum atomic E-state index is -0.531. The van der Waals surface area contributed by atoms with Crippen molar-refractivity contribution in [3.8, 4) is 11.1 Å². The SMILES string of the molecule is CCOC(=O)c1c(-c2ccc(F)cc2)csc1NC(=O)c1ccc(C(C)(C)C)cc1. The van der Waals surface area contributed by atoms with Crippen LogP contribution in [0, 0.1) is 5.82 Å². The number of amides is 1. The molecule has 0 bridgehead atoms. The summed E-state index contributed by atoms with van der Waals surface area (Å²) in [5.41, 5.74) is 3.15. The van der Waals surface area contributed by atoms with Gasteiger partial charge in [0.1, 0.15) is 16.4 Å². The number of hydrogen-bond donors (Lipinski definition) is 1. The van der Waals surface area contributed by atoms with Crippen LogP contribution in [0.4, 0.5) is 9.39 Å². The molecular formula is C24H24FNO3S. The zero-order chi connectivity index (χ0) is 21.9. The maximum Gasteiger partial charge on any atom is 0.341 e. The second kappa shape index (κ2) is 8.79. The van der Waals surface area contributed by atoms with Crippen molar-refractivity contribution in [3.63, 3.8) is 0 Å². The van der Waals surface area contributed by atoms with Gasteiger partial charge in [0.2, 0.25) is 0 Å². The summed E-state index contributed by atoms with van der Waals surface area (Å²) in [4.78, 5) is 25.4. The van der Waals surface area contributed by atoms with Gasteiger partial charge in [0.25, 0.3) is 5.91 Å². The fourth-order valence-electron chi connectivity index (χ4n) is 2.99. The number of hydrogen-bond acceptors (Lipinski definition) is 4. The molecule has 30 heavy (non-hydrogen) atoms. The molecule has 0 aliphatic heterocycles. The van der Waals surface area contributed by atoms with Gasteiger partial charge in [0.15, 0.2) is 0 Å². The third-order valence-corrected chi connectivity index (χ3v) is 5.56. The van der Waals surface area contributed by atoms with Gasteiger partial charge in [0, 0.05) is 16.5 Å². The third-order valence-electron chi connectivity index (χ3n) is 4.67. The Kier molecular flexibility index (Phi) is 6.37. The lowest BCUT2D eigenvalue weighted by Gasteiger charge is -2.19. The van der Waals surface area contributed by atoms with Crippen LogP contribution < -0.4 is 5.32 Å². The molecule has 0 saturated carbocycles. The normalized spacial score (nSPS) is 11.2. The number of carbonyl (C=O) groups excluding carboxylic acids is 2. The highest BCUT2D eigenvalue weighted by Gasteiger charge is 2.23. The molecule has 1 amide bonds. The lowest BCUT2D eigenvalue weighted by atomic mass is 9.87. The van der Waals surface area contributed by atoms with Crippen molar-refractivity contribution in [2.75, 3.05) is 11.9 Å². The van der Waals surface area contributed by atoms with Gasteiger partial charge in [-0.1, -0.05) is 45.0 Å². The van der Waals surface area contributed by atoms with E-state index < -0.39 is 5.97 Å². The second-order valence-electron chi connectivity index (χ2n) is 7.86. The van der Waals surface area contributed by atoms with Crippen molar-refractivity contribution in [2.24, 2.45) is 0 Å². The summed E-state index contributed by atoms with van der Waals surface area (Å²) in [7, 11) is 0. The summed E-state index contributed by atoms with van der Waals surface area (Å²) in [6, 6.07) is 13.3. The lowest BCUT2D eigenvalue weighted by Crippen LogP contribution is -2.16. The number of carbonyl (C=O) groups is 2. The molecule has 0 saturated heterocycles. The first-order valence-electron chi connectivity index (χ1n) is 9.67. The molecular weight excluding hydrogens is 401 g/mol. The zero-order valence-electron chi connectivity index (χ0n) is 17.4. The molecule has 0 aliphatic rings. The van der Waals surface area contributed by atoms with Crippen LogP contribution in [-0.4, -0.2) is 18.5 Å². The zero-order valence-corrected chi connectivity index (χ0v) is 18.2.